The Bertz CT molecular complexity index is 1060. The minimum atomic E-state index is -0.491. The highest BCUT2D eigenvalue weighted by Crippen LogP contribution is 2.29. The maximum atomic E-state index is 10.1. The lowest BCUT2D eigenvalue weighted by Crippen LogP contribution is -2.42. The van der Waals surface area contributed by atoms with Crippen molar-refractivity contribution in [3.8, 4) is 11.8 Å². The molecule has 0 spiro atoms. The van der Waals surface area contributed by atoms with E-state index in [1.165, 1.54) is 35.1 Å². The van der Waals surface area contributed by atoms with Crippen LogP contribution in [0.25, 0.3) is 11.1 Å². The van der Waals surface area contributed by atoms with Gasteiger partial charge in [-0.3, -0.25) is 4.90 Å². The molecular formula is C30H36N2O. The molecule has 3 heteroatoms. The van der Waals surface area contributed by atoms with Gasteiger partial charge in [0.15, 0.2) is 0 Å². The molecule has 1 aromatic carbocycles. The first-order valence-electron chi connectivity index (χ1n) is 12.3. The van der Waals surface area contributed by atoms with E-state index in [9.17, 15) is 5.11 Å². The van der Waals surface area contributed by atoms with Gasteiger partial charge in [-0.2, -0.15) is 0 Å². The number of benzene rings is 1. The third-order valence-electron chi connectivity index (χ3n) is 7.07. The normalized spacial score (nSPS) is 21.2. The fourth-order valence-electron chi connectivity index (χ4n) is 4.44. The van der Waals surface area contributed by atoms with Gasteiger partial charge in [0.05, 0.1) is 5.60 Å². The van der Waals surface area contributed by atoms with Gasteiger partial charge in [-0.1, -0.05) is 43.2 Å². The molecule has 1 aromatic heterocycles. The topological polar surface area (TPSA) is 36.4 Å². The summed E-state index contributed by atoms with van der Waals surface area (Å²) >= 11 is 0. The molecule has 1 aliphatic carbocycles. The average molecular weight is 441 g/mol. The highest BCUT2D eigenvalue weighted by Gasteiger charge is 2.26. The van der Waals surface area contributed by atoms with E-state index in [1.54, 1.807) is 0 Å². The van der Waals surface area contributed by atoms with Crippen molar-refractivity contribution in [2.45, 2.75) is 58.5 Å². The number of allylic oxidation sites excluding steroid dienone is 3. The molecule has 0 bridgehead atoms. The molecule has 1 fully saturated rings. The highest BCUT2D eigenvalue weighted by atomic mass is 16.3. The summed E-state index contributed by atoms with van der Waals surface area (Å²) in [5, 5.41) is 10.1. The third kappa shape index (κ3) is 6.67. The number of hydrogen-bond acceptors (Lipinski definition) is 3. The van der Waals surface area contributed by atoms with Crippen LogP contribution >= 0.6 is 0 Å². The molecule has 0 amide bonds. The van der Waals surface area contributed by atoms with E-state index < -0.39 is 5.60 Å². The second-order valence-corrected chi connectivity index (χ2v) is 10.1. The zero-order chi connectivity index (χ0) is 23.3. The predicted molar refractivity (Wildman–Crippen MR) is 138 cm³/mol. The first kappa shape index (κ1) is 23.5. The van der Waals surface area contributed by atoms with Gasteiger partial charge in [0.25, 0.3) is 0 Å². The summed E-state index contributed by atoms with van der Waals surface area (Å²) in [4.78, 5) is 6.98. The van der Waals surface area contributed by atoms with E-state index in [1.807, 2.05) is 19.2 Å². The van der Waals surface area contributed by atoms with Crippen LogP contribution in [0.1, 0.15) is 75.3 Å². The molecule has 1 aliphatic heterocycles. The third-order valence-corrected chi connectivity index (χ3v) is 7.07. The minimum Gasteiger partial charge on any atom is -0.390 e. The molecule has 3 nitrogen and oxygen atoms in total. The van der Waals surface area contributed by atoms with Crippen LogP contribution in [-0.2, 0) is 0 Å². The van der Waals surface area contributed by atoms with Gasteiger partial charge in [-0.05, 0) is 98.3 Å². The predicted octanol–water partition coefficient (Wildman–Crippen LogP) is 5.93. The fraction of sp³-hybridized carbons (Fsp3) is 0.433. The van der Waals surface area contributed by atoms with Crippen molar-refractivity contribution < 1.29 is 5.11 Å². The van der Waals surface area contributed by atoms with E-state index in [0.717, 1.165) is 56.1 Å². The van der Waals surface area contributed by atoms with E-state index >= 15 is 0 Å². The maximum absolute atomic E-state index is 10.1. The first-order chi connectivity index (χ1) is 15.9. The Kier molecular flexibility index (Phi) is 7.48. The molecule has 1 saturated heterocycles. The smallest absolute Gasteiger partial charge is 0.113 e. The molecule has 2 aliphatic rings. The van der Waals surface area contributed by atoms with Crippen LogP contribution < -0.4 is 0 Å². The van der Waals surface area contributed by atoms with Crippen molar-refractivity contribution in [2.24, 2.45) is 5.92 Å². The van der Waals surface area contributed by atoms with Crippen molar-refractivity contribution in [1.82, 2.24) is 9.88 Å². The monoisotopic (exact) mass is 440 g/mol. The van der Waals surface area contributed by atoms with Crippen LogP contribution in [0, 0.1) is 17.8 Å². The number of nitrogens with zero attached hydrogens (tertiary/aromatic N) is 2. The minimum absolute atomic E-state index is 0.491. The summed E-state index contributed by atoms with van der Waals surface area (Å²) in [6.45, 7) is 9.26. The average Bonchev–Trinajstić information content (AvgIpc) is 2.83. The van der Waals surface area contributed by atoms with Crippen molar-refractivity contribution >= 4 is 11.1 Å². The molecule has 0 saturated carbocycles. The molecule has 1 N–H and O–H groups in total. The van der Waals surface area contributed by atoms with Gasteiger partial charge in [0.2, 0.25) is 0 Å². The molecule has 2 aromatic rings. The van der Waals surface area contributed by atoms with Crippen LogP contribution in [0.3, 0.4) is 0 Å². The van der Waals surface area contributed by atoms with Gasteiger partial charge in [-0.15, -0.1) is 0 Å². The molecular weight excluding hydrogens is 404 g/mol. The SMILES string of the molecule is CC(=CCN1CCC(C)(O)CC1)c1ccc(C#Cc2ccc(C3=CCC(C)CC3)cn2)cc1. The standard InChI is InChI=1S/C30H36N2O/c1-23-4-9-27(10-5-23)28-13-15-29(31-22-28)14-8-25-6-11-26(12-7-25)24(2)16-19-32-20-17-30(3,33)18-21-32/h6-7,9,11-13,15-16,22-23,33H,4-5,10,17-21H2,1-3H3. The zero-order valence-electron chi connectivity index (χ0n) is 20.3. The summed E-state index contributed by atoms with van der Waals surface area (Å²) < 4.78 is 0. The second-order valence-electron chi connectivity index (χ2n) is 10.1. The summed E-state index contributed by atoms with van der Waals surface area (Å²) in [5.41, 5.74) is 6.47. The van der Waals surface area contributed by atoms with Crippen molar-refractivity contribution in [2.75, 3.05) is 19.6 Å². The lowest BCUT2D eigenvalue weighted by Gasteiger charge is -2.35. The van der Waals surface area contributed by atoms with Gasteiger partial charge >= 0.3 is 0 Å². The Hall–Kier alpha value is -2.67. The molecule has 172 valence electrons. The number of aromatic nitrogens is 1. The highest BCUT2D eigenvalue weighted by molar-refractivity contribution is 5.66. The maximum Gasteiger partial charge on any atom is 0.113 e. The van der Waals surface area contributed by atoms with Crippen LogP contribution in [0.4, 0.5) is 0 Å². The Morgan fingerprint density at radius 1 is 1.15 bits per heavy atom. The molecule has 1 atom stereocenters. The van der Waals surface area contributed by atoms with Crippen molar-refractivity contribution in [1.29, 1.82) is 0 Å². The summed E-state index contributed by atoms with van der Waals surface area (Å²) in [6, 6.07) is 12.6. The molecule has 4 rings (SSSR count). The Morgan fingerprint density at radius 3 is 2.55 bits per heavy atom. The number of aliphatic hydroxyl groups is 1. The van der Waals surface area contributed by atoms with Crippen LogP contribution in [0.2, 0.25) is 0 Å². The number of piperidine rings is 1. The van der Waals surface area contributed by atoms with E-state index in [-0.39, 0.29) is 0 Å². The lowest BCUT2D eigenvalue weighted by atomic mass is 9.88. The van der Waals surface area contributed by atoms with Gasteiger partial charge in [0, 0.05) is 31.4 Å². The van der Waals surface area contributed by atoms with Gasteiger partial charge in [0.1, 0.15) is 5.69 Å². The zero-order valence-corrected chi connectivity index (χ0v) is 20.3. The first-order valence-corrected chi connectivity index (χ1v) is 12.3. The second kappa shape index (κ2) is 10.5. The van der Waals surface area contributed by atoms with Gasteiger partial charge < -0.3 is 5.11 Å². The number of likely N-dealkylation sites (tertiary alicyclic amines) is 1. The summed E-state index contributed by atoms with van der Waals surface area (Å²) in [5.74, 6) is 7.24. The van der Waals surface area contributed by atoms with Crippen LogP contribution in [0.5, 0.6) is 0 Å². The van der Waals surface area contributed by atoms with Crippen molar-refractivity contribution in [3.63, 3.8) is 0 Å². The summed E-state index contributed by atoms with van der Waals surface area (Å²) in [7, 11) is 0. The molecule has 1 unspecified atom stereocenters. The van der Waals surface area contributed by atoms with Crippen molar-refractivity contribution in [3.05, 3.63) is 77.1 Å². The quantitative estimate of drug-likeness (QED) is 0.598. The largest absolute Gasteiger partial charge is 0.390 e. The number of rotatable bonds is 4. The Balaban J connectivity index is 1.33. The Morgan fingerprint density at radius 2 is 1.91 bits per heavy atom. The molecule has 33 heavy (non-hydrogen) atoms. The van der Waals surface area contributed by atoms with Crippen LogP contribution in [-0.4, -0.2) is 40.2 Å². The van der Waals surface area contributed by atoms with E-state index in [2.05, 4.69) is 78.1 Å². The van der Waals surface area contributed by atoms with Crippen LogP contribution in [0.15, 0.2) is 54.7 Å². The van der Waals surface area contributed by atoms with Gasteiger partial charge in [-0.25, -0.2) is 4.98 Å². The molecule has 2 heterocycles. The summed E-state index contributed by atoms with van der Waals surface area (Å²) in [6.07, 6.45) is 11.9. The number of hydrogen-bond donors (Lipinski definition) is 1. The van der Waals surface area contributed by atoms with E-state index in [0.29, 0.717) is 0 Å². The van der Waals surface area contributed by atoms with E-state index in [4.69, 9.17) is 0 Å². The Labute approximate surface area is 199 Å². The number of pyridine rings is 1. The lowest BCUT2D eigenvalue weighted by molar-refractivity contribution is -0.00242. The molecule has 0 radical (unpaired) electrons. The fourth-order valence-corrected chi connectivity index (χ4v) is 4.44.